The molecule has 3 rings (SSSR count). The van der Waals surface area contributed by atoms with Crippen molar-refractivity contribution in [3.05, 3.63) is 93.9 Å². The van der Waals surface area contributed by atoms with Gasteiger partial charge in [-0.3, -0.25) is 4.79 Å². The molecule has 1 amide bonds. The fourth-order valence-electron chi connectivity index (χ4n) is 2.21. The van der Waals surface area contributed by atoms with Crippen molar-refractivity contribution in [1.82, 2.24) is 5.43 Å². The number of benzene rings is 2. The lowest BCUT2D eigenvalue weighted by Gasteiger charge is -2.03. The number of amides is 1. The molecule has 0 fully saturated rings. The number of halogens is 2. The van der Waals surface area contributed by atoms with Gasteiger partial charge < -0.3 is 9.15 Å². The van der Waals surface area contributed by atoms with E-state index in [1.807, 2.05) is 0 Å². The van der Waals surface area contributed by atoms with E-state index in [0.717, 1.165) is 0 Å². The maximum absolute atomic E-state index is 12.1. The minimum atomic E-state index is -0.532. The second-order valence-corrected chi connectivity index (χ2v) is 6.51. The van der Waals surface area contributed by atoms with E-state index in [4.69, 9.17) is 32.4 Å². The second kappa shape index (κ2) is 9.73. The third-order valence-corrected chi connectivity index (χ3v) is 4.13. The Morgan fingerprint density at radius 2 is 1.86 bits per heavy atom. The van der Waals surface area contributed by atoms with Crippen LogP contribution < -0.4 is 10.2 Å². The van der Waals surface area contributed by atoms with Gasteiger partial charge >= 0.3 is 5.97 Å². The van der Waals surface area contributed by atoms with Crippen LogP contribution in [0.4, 0.5) is 0 Å². The Hall–Kier alpha value is -3.35. The Balaban J connectivity index is 1.53. The van der Waals surface area contributed by atoms with Crippen molar-refractivity contribution in [3.8, 4) is 5.75 Å². The lowest BCUT2D eigenvalue weighted by atomic mass is 10.2. The van der Waals surface area contributed by atoms with Crippen LogP contribution in [0.1, 0.15) is 21.7 Å². The number of hydrogen-bond donors (Lipinski definition) is 1. The number of nitrogens with zero attached hydrogens (tertiary/aromatic N) is 1. The molecule has 6 nitrogen and oxygen atoms in total. The Bertz CT molecular complexity index is 1060. The molecule has 3 aromatic rings. The summed E-state index contributed by atoms with van der Waals surface area (Å²) < 4.78 is 10.3. The first-order chi connectivity index (χ1) is 14.0. The first-order valence-corrected chi connectivity index (χ1v) is 9.09. The van der Waals surface area contributed by atoms with Crippen LogP contribution in [-0.2, 0) is 4.79 Å². The van der Waals surface area contributed by atoms with Crippen LogP contribution in [0, 0.1) is 0 Å². The lowest BCUT2D eigenvalue weighted by Crippen LogP contribution is -2.18. The quantitative estimate of drug-likeness (QED) is 0.197. The normalized spacial score (nSPS) is 11.1. The summed E-state index contributed by atoms with van der Waals surface area (Å²) >= 11 is 11.8. The molecule has 0 atom stereocenters. The van der Waals surface area contributed by atoms with Gasteiger partial charge in [0.1, 0.15) is 11.5 Å². The van der Waals surface area contributed by atoms with Gasteiger partial charge in [-0.25, -0.2) is 10.2 Å². The minimum absolute atomic E-state index is 0.234. The second-order valence-electron chi connectivity index (χ2n) is 5.66. The Labute approximate surface area is 176 Å². The highest BCUT2D eigenvalue weighted by Crippen LogP contribution is 2.20. The topological polar surface area (TPSA) is 80.9 Å². The zero-order valence-electron chi connectivity index (χ0n) is 14.8. The standard InChI is InChI=1S/C21H14Cl2N2O4/c22-15-5-9-18(19(23)12-15)21(27)25-24-13-14-3-6-17(7-4-14)29-20(26)10-8-16-2-1-11-28-16/h1-13H,(H,25,27)/b10-8+,24-13+. The number of esters is 1. The fraction of sp³-hybridized carbons (Fsp3) is 0. The molecule has 0 aliphatic heterocycles. The van der Waals surface area contributed by atoms with Gasteiger partial charge in [0.15, 0.2) is 0 Å². The van der Waals surface area contributed by atoms with Crippen molar-refractivity contribution in [1.29, 1.82) is 0 Å². The molecule has 0 aliphatic carbocycles. The van der Waals surface area contributed by atoms with E-state index >= 15 is 0 Å². The summed E-state index contributed by atoms with van der Waals surface area (Å²) in [4.78, 5) is 23.8. The highest BCUT2D eigenvalue weighted by molar-refractivity contribution is 6.36. The van der Waals surface area contributed by atoms with E-state index in [0.29, 0.717) is 22.1 Å². The van der Waals surface area contributed by atoms with Crippen molar-refractivity contribution < 1.29 is 18.7 Å². The van der Waals surface area contributed by atoms with Crippen molar-refractivity contribution in [2.75, 3.05) is 0 Å². The van der Waals surface area contributed by atoms with Crippen molar-refractivity contribution in [2.45, 2.75) is 0 Å². The summed E-state index contributed by atoms with van der Waals surface area (Å²) in [5, 5.41) is 4.56. The number of hydrazone groups is 1. The van der Waals surface area contributed by atoms with Crippen LogP contribution in [0.5, 0.6) is 5.75 Å². The van der Waals surface area contributed by atoms with E-state index in [9.17, 15) is 9.59 Å². The summed E-state index contributed by atoms with van der Waals surface area (Å²) in [6, 6.07) is 14.6. The maximum Gasteiger partial charge on any atom is 0.336 e. The molecule has 2 aromatic carbocycles. The molecule has 0 radical (unpaired) electrons. The summed E-state index contributed by atoms with van der Waals surface area (Å²) in [6.07, 6.45) is 5.74. The largest absolute Gasteiger partial charge is 0.465 e. The summed E-state index contributed by atoms with van der Waals surface area (Å²) in [6.45, 7) is 0. The average molecular weight is 429 g/mol. The van der Waals surface area contributed by atoms with E-state index in [1.165, 1.54) is 36.8 Å². The Kier molecular flexibility index (Phi) is 6.84. The number of rotatable bonds is 6. The molecule has 29 heavy (non-hydrogen) atoms. The summed E-state index contributed by atoms with van der Waals surface area (Å²) in [5.74, 6) is -0.0737. The van der Waals surface area contributed by atoms with E-state index < -0.39 is 11.9 Å². The molecule has 0 unspecified atom stereocenters. The van der Waals surface area contributed by atoms with Gasteiger partial charge in [-0.1, -0.05) is 23.2 Å². The molecule has 8 heteroatoms. The van der Waals surface area contributed by atoms with E-state index in [2.05, 4.69) is 10.5 Å². The predicted molar refractivity (Wildman–Crippen MR) is 111 cm³/mol. The molecule has 0 bridgehead atoms. The molecule has 146 valence electrons. The molecule has 0 spiro atoms. The maximum atomic E-state index is 12.1. The number of carbonyl (C=O) groups is 2. The third kappa shape index (κ3) is 6.07. The molecule has 1 N–H and O–H groups in total. The number of hydrogen-bond acceptors (Lipinski definition) is 5. The first kappa shape index (κ1) is 20.4. The SMILES string of the molecule is O=C(/C=C/c1ccco1)Oc1ccc(/C=N/NC(=O)c2ccc(Cl)cc2Cl)cc1. The molecule has 1 aromatic heterocycles. The van der Waals surface area contributed by atoms with Gasteiger partial charge in [0, 0.05) is 11.1 Å². The molecule has 0 saturated carbocycles. The van der Waals surface area contributed by atoms with Crippen molar-refractivity contribution in [2.24, 2.45) is 5.10 Å². The molecule has 0 saturated heterocycles. The molecular formula is C21H14Cl2N2O4. The first-order valence-electron chi connectivity index (χ1n) is 8.33. The Morgan fingerprint density at radius 3 is 2.55 bits per heavy atom. The zero-order valence-corrected chi connectivity index (χ0v) is 16.4. The van der Waals surface area contributed by atoms with Gasteiger partial charge in [-0.2, -0.15) is 5.10 Å². The Morgan fingerprint density at radius 1 is 1.07 bits per heavy atom. The minimum Gasteiger partial charge on any atom is -0.465 e. The molecule has 1 heterocycles. The van der Waals surface area contributed by atoms with Crippen molar-refractivity contribution in [3.63, 3.8) is 0 Å². The predicted octanol–water partition coefficient (Wildman–Crippen LogP) is 4.97. The van der Waals surface area contributed by atoms with Gasteiger partial charge in [-0.05, 0) is 66.2 Å². The molecular weight excluding hydrogens is 415 g/mol. The lowest BCUT2D eigenvalue weighted by molar-refractivity contribution is -0.128. The number of ether oxygens (including phenoxy) is 1. The van der Waals surface area contributed by atoms with Crippen LogP contribution in [0.2, 0.25) is 10.0 Å². The van der Waals surface area contributed by atoms with Crippen LogP contribution in [0.25, 0.3) is 6.08 Å². The van der Waals surface area contributed by atoms with Gasteiger partial charge in [0.25, 0.3) is 5.91 Å². The highest BCUT2D eigenvalue weighted by Gasteiger charge is 2.09. The zero-order chi connectivity index (χ0) is 20.6. The van der Waals surface area contributed by atoms with E-state index in [-0.39, 0.29) is 10.6 Å². The summed E-state index contributed by atoms with van der Waals surface area (Å²) in [7, 11) is 0. The third-order valence-electron chi connectivity index (χ3n) is 3.58. The van der Waals surface area contributed by atoms with Crippen LogP contribution >= 0.6 is 23.2 Å². The number of carbonyl (C=O) groups excluding carboxylic acids is 2. The van der Waals surface area contributed by atoms with Crippen molar-refractivity contribution >= 4 is 47.4 Å². The van der Waals surface area contributed by atoms with Gasteiger partial charge in [-0.15, -0.1) is 0 Å². The van der Waals surface area contributed by atoms with Crippen LogP contribution in [0.3, 0.4) is 0 Å². The average Bonchev–Trinajstić information content (AvgIpc) is 3.21. The smallest absolute Gasteiger partial charge is 0.336 e. The number of furan rings is 1. The van der Waals surface area contributed by atoms with Gasteiger partial charge in [0.05, 0.1) is 23.1 Å². The van der Waals surface area contributed by atoms with Gasteiger partial charge in [0.2, 0.25) is 0 Å². The van der Waals surface area contributed by atoms with Crippen LogP contribution in [-0.4, -0.2) is 18.1 Å². The van der Waals surface area contributed by atoms with Crippen LogP contribution in [0.15, 0.2) is 76.5 Å². The summed E-state index contributed by atoms with van der Waals surface area (Å²) in [5.41, 5.74) is 3.34. The molecule has 0 aliphatic rings. The number of nitrogens with one attached hydrogen (secondary N) is 1. The van der Waals surface area contributed by atoms with E-state index in [1.54, 1.807) is 42.5 Å². The fourth-order valence-corrected chi connectivity index (χ4v) is 2.70. The highest BCUT2D eigenvalue weighted by atomic mass is 35.5. The monoisotopic (exact) mass is 428 g/mol.